The number of esters is 2. The molecule has 12 nitrogen and oxygen atoms in total. The molecule has 2 aromatic rings. The van der Waals surface area contributed by atoms with Crippen molar-refractivity contribution in [3.8, 4) is 0 Å². The second kappa shape index (κ2) is 19.6. The van der Waals surface area contributed by atoms with E-state index >= 15 is 0 Å². The summed E-state index contributed by atoms with van der Waals surface area (Å²) < 4.78 is 38.3. The molecule has 54 heavy (non-hydrogen) atoms. The number of aryl methyl sites for hydroxylation is 1. The van der Waals surface area contributed by atoms with Crippen LogP contribution in [0.15, 0.2) is 23.6 Å². The predicted molar refractivity (Wildman–Crippen MR) is 199 cm³/mol. The summed E-state index contributed by atoms with van der Waals surface area (Å²) in [5, 5.41) is 7.90. The van der Waals surface area contributed by atoms with Gasteiger partial charge < -0.3 is 25.0 Å². The summed E-state index contributed by atoms with van der Waals surface area (Å²) in [4.78, 5) is 73.8. The maximum absolute atomic E-state index is 14.1. The van der Waals surface area contributed by atoms with E-state index in [0.29, 0.717) is 10.6 Å². The minimum absolute atomic E-state index is 0.0596. The van der Waals surface area contributed by atoms with Gasteiger partial charge in [-0.1, -0.05) is 27.2 Å². The minimum Gasteiger partial charge on any atom is -0.469 e. The second-order valence-corrected chi connectivity index (χ2v) is 16.0. The number of carbonyl (C=O) groups excluding carboxylic acids is 5. The maximum Gasteiger partial charge on any atom is 0.308 e. The third-order valence-corrected chi connectivity index (χ3v) is 11.4. The Labute approximate surface area is 320 Å². The van der Waals surface area contributed by atoms with E-state index in [4.69, 9.17) is 9.47 Å². The van der Waals surface area contributed by atoms with Crippen molar-refractivity contribution in [1.29, 1.82) is 0 Å². The largest absolute Gasteiger partial charge is 0.469 e. The van der Waals surface area contributed by atoms with Gasteiger partial charge in [-0.15, -0.1) is 11.3 Å². The molecule has 2 fully saturated rings. The number of ether oxygens (including phenoxy) is 2. The van der Waals surface area contributed by atoms with E-state index in [9.17, 15) is 32.8 Å². The number of piperidine rings is 1. The van der Waals surface area contributed by atoms with E-state index < -0.39 is 59.6 Å². The Hall–Kier alpha value is -3.98. The van der Waals surface area contributed by atoms with Crippen molar-refractivity contribution in [1.82, 2.24) is 25.4 Å². The molecule has 298 valence electrons. The van der Waals surface area contributed by atoms with Crippen molar-refractivity contribution in [3.63, 3.8) is 0 Å². The number of benzene rings is 1. The summed E-state index contributed by atoms with van der Waals surface area (Å²) in [5.41, 5.74) is 0.470. The van der Waals surface area contributed by atoms with Crippen LogP contribution in [-0.4, -0.2) is 96.4 Å². The van der Waals surface area contributed by atoms with Gasteiger partial charge in [-0.3, -0.25) is 28.9 Å². The number of hydrogen-bond acceptors (Lipinski definition) is 10. The van der Waals surface area contributed by atoms with Crippen LogP contribution in [0.25, 0.3) is 0 Å². The average Bonchev–Trinajstić information content (AvgIpc) is 3.84. The van der Waals surface area contributed by atoms with Crippen LogP contribution in [0.4, 0.5) is 8.78 Å². The zero-order valence-electron chi connectivity index (χ0n) is 32.4. The van der Waals surface area contributed by atoms with Gasteiger partial charge >= 0.3 is 11.9 Å². The number of methoxy groups -OCH3 is 1. The summed E-state index contributed by atoms with van der Waals surface area (Å²) in [5.74, 6) is -3.88. The Balaban J connectivity index is 1.48. The first-order valence-corrected chi connectivity index (χ1v) is 19.7. The highest BCUT2D eigenvalue weighted by Crippen LogP contribution is 2.36. The van der Waals surface area contributed by atoms with E-state index in [2.05, 4.69) is 15.6 Å². The Kier molecular flexibility index (Phi) is 15.5. The zero-order valence-corrected chi connectivity index (χ0v) is 33.2. The molecule has 6 atom stereocenters. The Morgan fingerprint density at radius 1 is 1.02 bits per heavy atom. The third-order valence-electron chi connectivity index (χ3n) is 10.4. The number of hydrogen-bond donors (Lipinski definition) is 2. The summed E-state index contributed by atoms with van der Waals surface area (Å²) >= 11 is 1.14. The number of likely N-dealkylation sites (N-methyl/N-ethyl adjacent to an activating group) is 2. The maximum atomic E-state index is 14.1. The van der Waals surface area contributed by atoms with E-state index in [1.165, 1.54) is 26.2 Å². The highest BCUT2D eigenvalue weighted by atomic mass is 32.1. The molecule has 1 aromatic carbocycles. The zero-order chi connectivity index (χ0) is 39.7. The van der Waals surface area contributed by atoms with Crippen molar-refractivity contribution >= 4 is 41.0 Å². The molecule has 0 spiro atoms. The lowest BCUT2D eigenvalue weighted by Gasteiger charge is -2.37. The normalized spacial score (nSPS) is 18.9. The van der Waals surface area contributed by atoms with Crippen LogP contribution in [0.5, 0.6) is 0 Å². The van der Waals surface area contributed by atoms with Gasteiger partial charge in [0.25, 0.3) is 5.91 Å². The van der Waals surface area contributed by atoms with Gasteiger partial charge in [0.05, 0.1) is 19.1 Å². The third kappa shape index (κ3) is 12.0. The molecule has 1 saturated heterocycles. The monoisotopic (exact) mass is 775 g/mol. The number of thiazole rings is 1. The molecule has 15 heteroatoms. The van der Waals surface area contributed by atoms with Gasteiger partial charge in [-0.25, -0.2) is 13.8 Å². The lowest BCUT2D eigenvalue weighted by Crippen LogP contribution is -2.56. The Morgan fingerprint density at radius 2 is 1.70 bits per heavy atom. The molecular formula is C39H55F2N5O7S. The van der Waals surface area contributed by atoms with E-state index in [1.807, 2.05) is 25.8 Å². The molecule has 1 aliphatic carbocycles. The summed E-state index contributed by atoms with van der Waals surface area (Å²) in [7, 11) is 4.92. The quantitative estimate of drug-likeness (QED) is 0.195. The molecular weight excluding hydrogens is 721 g/mol. The minimum atomic E-state index is -0.875. The standard InChI is InChI=1S/C39H55F2N5O7S/c1-22(2)32(46(6)38(50)34(26-12-13-26)44-36(49)31-10-8-9-15-45(31)5)20-33(53-24(4)47)37-43-30(21-54-37)35(48)42-29(16-23(3)39(51)52-7)14-11-25-17-27(40)19-28(41)18-25/h17-19,21-23,26,29,31-34H,8-16,20H2,1-7H3,(H,42,48)(H,44,49)/t23-,29-,31+,32+,33+,34-/m0/s1. The number of rotatable bonds is 18. The van der Waals surface area contributed by atoms with E-state index in [-0.39, 0.29) is 61.1 Å². The molecule has 0 radical (unpaired) electrons. The molecule has 0 unspecified atom stereocenters. The molecule has 1 saturated carbocycles. The van der Waals surface area contributed by atoms with Crippen LogP contribution in [0.3, 0.4) is 0 Å². The van der Waals surface area contributed by atoms with E-state index in [0.717, 1.165) is 56.1 Å². The molecule has 3 amide bonds. The molecule has 2 N–H and O–H groups in total. The summed E-state index contributed by atoms with van der Waals surface area (Å²) in [6.07, 6.45) is 4.50. The molecule has 2 heterocycles. The van der Waals surface area contributed by atoms with Gasteiger partial charge in [-0.2, -0.15) is 0 Å². The number of nitrogens with zero attached hydrogens (tertiary/aromatic N) is 3. The average molecular weight is 776 g/mol. The van der Waals surface area contributed by atoms with Gasteiger partial charge in [0, 0.05) is 43.9 Å². The fraction of sp³-hybridized carbons (Fsp3) is 0.641. The topological polar surface area (TPSA) is 147 Å². The second-order valence-electron chi connectivity index (χ2n) is 15.1. The predicted octanol–water partition coefficient (Wildman–Crippen LogP) is 5.21. The number of nitrogens with one attached hydrogen (secondary N) is 2. The molecule has 4 rings (SSSR count). The molecule has 1 aromatic heterocycles. The number of carbonyl (C=O) groups is 5. The van der Waals surface area contributed by atoms with Crippen LogP contribution in [-0.2, 0) is 35.1 Å². The van der Waals surface area contributed by atoms with Crippen molar-refractivity contribution < 1.29 is 42.2 Å². The van der Waals surface area contributed by atoms with Crippen LogP contribution in [0.1, 0.15) is 106 Å². The Morgan fingerprint density at radius 3 is 2.30 bits per heavy atom. The van der Waals surface area contributed by atoms with Crippen molar-refractivity contribution in [3.05, 3.63) is 51.5 Å². The van der Waals surface area contributed by atoms with Crippen molar-refractivity contribution in [2.24, 2.45) is 17.8 Å². The lowest BCUT2D eigenvalue weighted by atomic mass is 9.95. The fourth-order valence-corrected chi connectivity index (χ4v) is 8.05. The van der Waals surface area contributed by atoms with Gasteiger partial charge in [0.15, 0.2) is 6.10 Å². The molecule has 2 aliphatic rings. The Bertz CT molecular complexity index is 1620. The van der Waals surface area contributed by atoms with Crippen molar-refractivity contribution in [2.45, 2.75) is 116 Å². The lowest BCUT2D eigenvalue weighted by molar-refractivity contribution is -0.149. The summed E-state index contributed by atoms with van der Waals surface area (Å²) in [6.45, 7) is 7.72. The number of aromatic nitrogens is 1. The highest BCUT2D eigenvalue weighted by Gasteiger charge is 2.42. The van der Waals surface area contributed by atoms with Crippen LogP contribution < -0.4 is 10.6 Å². The first-order chi connectivity index (χ1) is 25.6. The van der Waals surface area contributed by atoms with E-state index in [1.54, 1.807) is 24.3 Å². The molecule has 1 aliphatic heterocycles. The first-order valence-electron chi connectivity index (χ1n) is 18.8. The van der Waals surface area contributed by atoms with Crippen molar-refractivity contribution in [2.75, 3.05) is 27.7 Å². The summed E-state index contributed by atoms with van der Waals surface area (Å²) in [6, 6.07) is 1.32. The number of likely N-dealkylation sites (tertiary alicyclic amines) is 1. The number of amides is 3. The molecule has 0 bridgehead atoms. The highest BCUT2D eigenvalue weighted by molar-refractivity contribution is 7.09. The first kappa shape index (κ1) is 42.8. The van der Waals surface area contributed by atoms with Crippen LogP contribution >= 0.6 is 11.3 Å². The van der Waals surface area contributed by atoms with Crippen LogP contribution in [0.2, 0.25) is 0 Å². The SMILES string of the molecule is COC(=O)[C@@H](C)C[C@H](CCc1cc(F)cc(F)c1)NC(=O)c1csc([C@@H](C[C@H](C(C)C)N(C)C(=O)[C@@H](NC(=O)[C@H]2CCCCN2C)C2CC2)OC(C)=O)n1. The smallest absolute Gasteiger partial charge is 0.308 e. The van der Waals surface area contributed by atoms with Crippen LogP contribution in [0, 0.1) is 29.4 Å². The van der Waals surface area contributed by atoms with Gasteiger partial charge in [0.2, 0.25) is 11.8 Å². The fourth-order valence-electron chi connectivity index (χ4n) is 7.21. The number of halogens is 2. The van der Waals surface area contributed by atoms with Gasteiger partial charge in [-0.05, 0) is 88.1 Å². The van der Waals surface area contributed by atoms with Gasteiger partial charge in [0.1, 0.15) is 28.4 Å².